The van der Waals surface area contributed by atoms with Gasteiger partial charge < -0.3 is 20.0 Å². The van der Waals surface area contributed by atoms with E-state index in [1.54, 1.807) is 4.90 Å². The van der Waals surface area contributed by atoms with E-state index in [9.17, 15) is 15.0 Å². The second kappa shape index (κ2) is 5.99. The van der Waals surface area contributed by atoms with Gasteiger partial charge in [-0.1, -0.05) is 0 Å². The number of likely N-dealkylation sites (tertiary alicyclic amines) is 1. The van der Waals surface area contributed by atoms with Crippen molar-refractivity contribution in [1.82, 2.24) is 9.80 Å². The number of rotatable bonds is 7. The third-order valence-corrected chi connectivity index (χ3v) is 3.79. The summed E-state index contributed by atoms with van der Waals surface area (Å²) >= 11 is 0. The predicted octanol–water partition coefficient (Wildman–Crippen LogP) is -0.328. The van der Waals surface area contributed by atoms with Gasteiger partial charge in [0.2, 0.25) is 5.91 Å². The molecule has 104 valence electrons. The number of aliphatic hydroxyl groups excluding tert-OH is 2. The Hall–Kier alpha value is -0.650. The van der Waals surface area contributed by atoms with Gasteiger partial charge in [-0.05, 0) is 32.2 Å². The molecule has 1 amide bonds. The van der Waals surface area contributed by atoms with Crippen molar-refractivity contribution in [3.63, 3.8) is 0 Å². The molecule has 0 bridgehead atoms. The van der Waals surface area contributed by atoms with E-state index in [0.717, 1.165) is 25.8 Å². The van der Waals surface area contributed by atoms with Crippen LogP contribution in [0.2, 0.25) is 0 Å². The third-order valence-electron chi connectivity index (χ3n) is 3.79. The normalized spacial score (nSPS) is 23.8. The summed E-state index contributed by atoms with van der Waals surface area (Å²) in [5, 5.41) is 19.8. The molecule has 1 aliphatic heterocycles. The zero-order valence-electron chi connectivity index (χ0n) is 11.1. The van der Waals surface area contributed by atoms with Gasteiger partial charge in [0.15, 0.2) is 0 Å². The van der Waals surface area contributed by atoms with Gasteiger partial charge in [0.05, 0.1) is 12.2 Å². The van der Waals surface area contributed by atoms with Crippen molar-refractivity contribution in [3.05, 3.63) is 0 Å². The molecule has 2 rings (SSSR count). The summed E-state index contributed by atoms with van der Waals surface area (Å²) < 4.78 is 0. The van der Waals surface area contributed by atoms with Gasteiger partial charge in [-0.15, -0.1) is 0 Å². The Bertz CT molecular complexity index is 294. The van der Waals surface area contributed by atoms with Crippen LogP contribution in [0.25, 0.3) is 0 Å². The first-order valence-corrected chi connectivity index (χ1v) is 6.88. The van der Waals surface area contributed by atoms with Crippen molar-refractivity contribution < 1.29 is 15.0 Å². The second-order valence-corrected chi connectivity index (χ2v) is 5.72. The second-order valence-electron chi connectivity index (χ2n) is 5.72. The Labute approximate surface area is 108 Å². The fraction of sp³-hybridized carbons (Fsp3) is 0.923. The van der Waals surface area contributed by atoms with Crippen LogP contribution in [0.5, 0.6) is 0 Å². The number of amides is 1. The highest BCUT2D eigenvalue weighted by Gasteiger charge is 2.30. The van der Waals surface area contributed by atoms with Gasteiger partial charge in [-0.2, -0.15) is 0 Å². The van der Waals surface area contributed by atoms with Crippen molar-refractivity contribution in [2.45, 2.75) is 37.9 Å². The lowest BCUT2D eigenvalue weighted by molar-refractivity contribution is -0.129. The summed E-state index contributed by atoms with van der Waals surface area (Å²) in [6.07, 6.45) is 2.98. The van der Waals surface area contributed by atoms with Crippen molar-refractivity contribution in [2.75, 3.05) is 33.2 Å². The number of likely N-dealkylation sites (N-methyl/N-ethyl adjacent to an activating group) is 1. The molecule has 2 aliphatic rings. The molecule has 1 saturated carbocycles. The molecule has 0 aromatic carbocycles. The molecule has 18 heavy (non-hydrogen) atoms. The number of aliphatic hydroxyl groups is 2. The number of carbonyl (C=O) groups excluding carboxylic acids is 1. The Balaban J connectivity index is 1.66. The van der Waals surface area contributed by atoms with E-state index in [0.29, 0.717) is 32.0 Å². The highest BCUT2D eigenvalue weighted by molar-refractivity contribution is 5.78. The molecule has 2 N–H and O–H groups in total. The maximum atomic E-state index is 11.4. The molecular formula is C13H24N2O3. The first-order chi connectivity index (χ1) is 8.56. The number of β-amino-alcohol motifs (C(OH)–C–C–N with tert-alkyl or cyclic N) is 1. The molecular weight excluding hydrogens is 232 g/mol. The topological polar surface area (TPSA) is 64.0 Å². The number of hydrogen-bond donors (Lipinski definition) is 2. The zero-order chi connectivity index (χ0) is 13.1. The van der Waals surface area contributed by atoms with Crippen LogP contribution in [0.3, 0.4) is 0 Å². The Morgan fingerprint density at radius 1 is 1.39 bits per heavy atom. The third kappa shape index (κ3) is 3.93. The van der Waals surface area contributed by atoms with E-state index in [4.69, 9.17) is 0 Å². The molecule has 2 unspecified atom stereocenters. The predicted molar refractivity (Wildman–Crippen MR) is 68.0 cm³/mol. The van der Waals surface area contributed by atoms with Crippen LogP contribution >= 0.6 is 0 Å². The van der Waals surface area contributed by atoms with Gasteiger partial charge in [0, 0.05) is 32.6 Å². The first-order valence-electron chi connectivity index (χ1n) is 6.88. The molecule has 1 heterocycles. The van der Waals surface area contributed by atoms with Gasteiger partial charge >= 0.3 is 0 Å². The lowest BCUT2D eigenvalue weighted by Gasteiger charge is -2.26. The summed E-state index contributed by atoms with van der Waals surface area (Å²) in [5.41, 5.74) is 0. The molecule has 2 atom stereocenters. The van der Waals surface area contributed by atoms with Crippen LogP contribution in [0, 0.1) is 5.92 Å². The largest absolute Gasteiger partial charge is 0.392 e. The van der Waals surface area contributed by atoms with Crippen molar-refractivity contribution in [2.24, 2.45) is 5.92 Å². The minimum absolute atomic E-state index is 0.148. The van der Waals surface area contributed by atoms with Crippen LogP contribution in [-0.2, 0) is 4.79 Å². The lowest BCUT2D eigenvalue weighted by Crippen LogP contribution is -2.41. The summed E-state index contributed by atoms with van der Waals surface area (Å²) in [6.45, 7) is 2.30. The van der Waals surface area contributed by atoms with Crippen LogP contribution in [0.1, 0.15) is 25.7 Å². The van der Waals surface area contributed by atoms with E-state index in [1.807, 2.05) is 11.9 Å². The van der Waals surface area contributed by atoms with E-state index >= 15 is 0 Å². The number of carbonyl (C=O) groups is 1. The fourth-order valence-corrected chi connectivity index (χ4v) is 2.59. The molecule has 0 aromatic rings. The standard InChI is InChI=1S/C13H24N2O3/c1-14(9-12(17)10-4-5-10)7-11(16)8-15-6-2-3-13(15)18/h10-12,16-17H,2-9H2,1H3. The summed E-state index contributed by atoms with van der Waals surface area (Å²) in [6, 6.07) is 0. The SMILES string of the molecule is CN(CC(O)CN1CCCC1=O)CC(O)C1CC1. The highest BCUT2D eigenvalue weighted by Crippen LogP contribution is 2.32. The minimum atomic E-state index is -0.525. The Kier molecular flexibility index (Phi) is 4.59. The van der Waals surface area contributed by atoms with E-state index in [2.05, 4.69) is 0 Å². The zero-order valence-corrected chi connectivity index (χ0v) is 11.1. The molecule has 0 spiro atoms. The smallest absolute Gasteiger partial charge is 0.222 e. The van der Waals surface area contributed by atoms with Crippen LogP contribution in [0.15, 0.2) is 0 Å². The van der Waals surface area contributed by atoms with E-state index in [1.165, 1.54) is 0 Å². The van der Waals surface area contributed by atoms with E-state index < -0.39 is 6.10 Å². The molecule has 1 saturated heterocycles. The Morgan fingerprint density at radius 2 is 2.11 bits per heavy atom. The van der Waals surface area contributed by atoms with Crippen molar-refractivity contribution in [1.29, 1.82) is 0 Å². The molecule has 0 aromatic heterocycles. The summed E-state index contributed by atoms with van der Waals surface area (Å²) in [4.78, 5) is 15.1. The van der Waals surface area contributed by atoms with Gasteiger partial charge in [-0.25, -0.2) is 0 Å². The highest BCUT2D eigenvalue weighted by atomic mass is 16.3. The maximum absolute atomic E-state index is 11.4. The molecule has 0 radical (unpaired) electrons. The van der Waals surface area contributed by atoms with Gasteiger partial charge in [0.25, 0.3) is 0 Å². The summed E-state index contributed by atoms with van der Waals surface area (Å²) in [7, 11) is 1.90. The average molecular weight is 256 g/mol. The van der Waals surface area contributed by atoms with Crippen LogP contribution in [0.4, 0.5) is 0 Å². The monoisotopic (exact) mass is 256 g/mol. The van der Waals surface area contributed by atoms with Crippen LogP contribution in [-0.4, -0.2) is 71.4 Å². The number of nitrogens with zero attached hydrogens (tertiary/aromatic N) is 2. The van der Waals surface area contributed by atoms with Gasteiger partial charge in [-0.3, -0.25) is 4.79 Å². The number of hydrogen-bond acceptors (Lipinski definition) is 4. The first kappa shape index (κ1) is 13.8. The molecule has 2 fully saturated rings. The van der Waals surface area contributed by atoms with E-state index in [-0.39, 0.29) is 12.0 Å². The quantitative estimate of drug-likeness (QED) is 0.655. The molecule has 1 aliphatic carbocycles. The molecule has 5 heteroatoms. The van der Waals surface area contributed by atoms with Crippen LogP contribution < -0.4 is 0 Å². The average Bonchev–Trinajstić information content (AvgIpc) is 3.05. The minimum Gasteiger partial charge on any atom is -0.392 e. The Morgan fingerprint density at radius 3 is 2.67 bits per heavy atom. The van der Waals surface area contributed by atoms with Crippen molar-refractivity contribution in [3.8, 4) is 0 Å². The summed E-state index contributed by atoms with van der Waals surface area (Å²) in [5.74, 6) is 0.611. The van der Waals surface area contributed by atoms with Crippen molar-refractivity contribution >= 4 is 5.91 Å². The maximum Gasteiger partial charge on any atom is 0.222 e. The van der Waals surface area contributed by atoms with Gasteiger partial charge in [0.1, 0.15) is 0 Å². The lowest BCUT2D eigenvalue weighted by atomic mass is 10.2. The molecule has 5 nitrogen and oxygen atoms in total. The fourth-order valence-electron chi connectivity index (χ4n) is 2.59.